The number of hydrogen-bond acceptors (Lipinski definition) is 4. The third kappa shape index (κ3) is 3.63. The van der Waals surface area contributed by atoms with Crippen LogP contribution in [0.4, 0.5) is 0 Å². The molecule has 1 saturated heterocycles. The summed E-state index contributed by atoms with van der Waals surface area (Å²) in [5, 5.41) is 15.4. The van der Waals surface area contributed by atoms with Gasteiger partial charge in [0.1, 0.15) is 6.10 Å². The molecule has 3 rings (SSSR count). The van der Waals surface area contributed by atoms with Crippen LogP contribution in [0.15, 0.2) is 18.2 Å². The highest BCUT2D eigenvalue weighted by molar-refractivity contribution is 5.82. The van der Waals surface area contributed by atoms with Crippen molar-refractivity contribution in [3.63, 3.8) is 0 Å². The van der Waals surface area contributed by atoms with Crippen LogP contribution in [0.1, 0.15) is 43.4 Å². The normalized spacial score (nSPS) is 24.3. The van der Waals surface area contributed by atoms with Gasteiger partial charge in [-0.25, -0.2) is 0 Å². The fourth-order valence-corrected chi connectivity index (χ4v) is 3.73. The molecule has 1 amide bonds. The molecule has 5 heteroatoms. The molecule has 0 spiro atoms. The number of carbonyl (C=O) groups excluding carboxylic acids is 1. The van der Waals surface area contributed by atoms with Crippen molar-refractivity contribution >= 4 is 5.91 Å². The van der Waals surface area contributed by atoms with Crippen LogP contribution in [0, 0.1) is 0 Å². The first kappa shape index (κ1) is 17.4. The second kappa shape index (κ2) is 7.21. The van der Waals surface area contributed by atoms with Crippen molar-refractivity contribution in [3.8, 4) is 0 Å². The topological polar surface area (TPSA) is 70.6 Å². The van der Waals surface area contributed by atoms with Gasteiger partial charge in [-0.1, -0.05) is 18.2 Å². The number of fused-ring (bicyclic) bond motifs is 1. The van der Waals surface area contributed by atoms with E-state index in [2.05, 4.69) is 42.7 Å². The Hall–Kier alpha value is -1.43. The number of nitrogens with one attached hydrogen (secondary N) is 2. The third-order valence-corrected chi connectivity index (χ3v) is 5.11. The average Bonchev–Trinajstić information content (AvgIpc) is 2.61. The van der Waals surface area contributed by atoms with Crippen molar-refractivity contribution in [3.05, 3.63) is 34.9 Å². The maximum atomic E-state index is 12.6. The van der Waals surface area contributed by atoms with Gasteiger partial charge in [0.05, 0.1) is 24.8 Å². The van der Waals surface area contributed by atoms with E-state index in [1.807, 2.05) is 0 Å². The molecule has 1 aromatic rings. The summed E-state index contributed by atoms with van der Waals surface area (Å²) in [6.45, 7) is 4.93. The van der Waals surface area contributed by atoms with Crippen molar-refractivity contribution in [1.82, 2.24) is 10.6 Å². The molecule has 5 nitrogen and oxygen atoms in total. The van der Waals surface area contributed by atoms with Gasteiger partial charge in [0, 0.05) is 6.54 Å². The standard InChI is InChI=1S/C19H28N2O3/c1-19(2,16-9-5-7-13-6-3-4-8-15(13)16)21-18(23)17-10-20-14(11-22)12-24-17/h5,7,9,14,17,20,22H,3-4,6,8,10-12H2,1-2H3,(H,21,23)/t14-,17-/m0/s1. The first-order valence-electron chi connectivity index (χ1n) is 8.90. The number of rotatable bonds is 4. The van der Waals surface area contributed by atoms with Crippen LogP contribution in [0.25, 0.3) is 0 Å². The summed E-state index contributed by atoms with van der Waals surface area (Å²) in [4.78, 5) is 12.6. The summed E-state index contributed by atoms with van der Waals surface area (Å²) in [6.07, 6.45) is 4.17. The Bertz CT molecular complexity index is 592. The van der Waals surface area contributed by atoms with Crippen molar-refractivity contribution in [2.24, 2.45) is 0 Å². The van der Waals surface area contributed by atoms with Gasteiger partial charge < -0.3 is 20.5 Å². The number of aryl methyl sites for hydroxylation is 1. The zero-order chi connectivity index (χ0) is 17.2. The molecule has 132 valence electrons. The van der Waals surface area contributed by atoms with Gasteiger partial charge in [-0.05, 0) is 56.2 Å². The highest BCUT2D eigenvalue weighted by atomic mass is 16.5. The first-order valence-corrected chi connectivity index (χ1v) is 8.90. The lowest BCUT2D eigenvalue weighted by Gasteiger charge is -2.35. The molecular formula is C19H28N2O3. The monoisotopic (exact) mass is 332 g/mol. The minimum atomic E-state index is -0.508. The molecular weight excluding hydrogens is 304 g/mol. The Kier molecular flexibility index (Phi) is 5.23. The minimum absolute atomic E-state index is 0.0238. The fourth-order valence-electron chi connectivity index (χ4n) is 3.73. The van der Waals surface area contributed by atoms with E-state index in [1.54, 1.807) is 0 Å². The molecule has 0 unspecified atom stereocenters. The Morgan fingerprint density at radius 3 is 2.88 bits per heavy atom. The average molecular weight is 332 g/mol. The van der Waals surface area contributed by atoms with Crippen LogP contribution in [0.5, 0.6) is 0 Å². The highest BCUT2D eigenvalue weighted by Gasteiger charge is 2.32. The predicted molar refractivity (Wildman–Crippen MR) is 92.9 cm³/mol. The lowest BCUT2D eigenvalue weighted by Crippen LogP contribution is -2.56. The van der Waals surface area contributed by atoms with E-state index >= 15 is 0 Å². The number of aliphatic hydroxyl groups excluding tert-OH is 1. The smallest absolute Gasteiger partial charge is 0.251 e. The Balaban J connectivity index is 1.71. The van der Waals surface area contributed by atoms with Crippen LogP contribution in [-0.4, -0.2) is 42.9 Å². The summed E-state index contributed by atoms with van der Waals surface area (Å²) >= 11 is 0. The fraction of sp³-hybridized carbons (Fsp3) is 0.632. The number of aliphatic hydroxyl groups is 1. The summed E-state index contributed by atoms with van der Waals surface area (Å²) in [5.41, 5.74) is 3.60. The molecule has 1 aromatic carbocycles. The van der Waals surface area contributed by atoms with E-state index in [0.717, 1.165) is 12.8 Å². The summed E-state index contributed by atoms with van der Waals surface area (Å²) in [7, 11) is 0. The summed E-state index contributed by atoms with van der Waals surface area (Å²) in [5.74, 6) is -0.0997. The molecule has 1 fully saturated rings. The van der Waals surface area contributed by atoms with E-state index in [0.29, 0.717) is 13.2 Å². The first-order chi connectivity index (χ1) is 11.5. The Morgan fingerprint density at radius 2 is 2.17 bits per heavy atom. The van der Waals surface area contributed by atoms with Gasteiger partial charge in [-0.3, -0.25) is 4.79 Å². The molecule has 1 aliphatic heterocycles. The molecule has 0 radical (unpaired) electrons. The quantitative estimate of drug-likeness (QED) is 0.776. The maximum Gasteiger partial charge on any atom is 0.251 e. The van der Waals surface area contributed by atoms with Crippen LogP contribution >= 0.6 is 0 Å². The number of carbonyl (C=O) groups is 1. The van der Waals surface area contributed by atoms with Crippen LogP contribution < -0.4 is 10.6 Å². The largest absolute Gasteiger partial charge is 0.395 e. The van der Waals surface area contributed by atoms with Gasteiger partial charge in [0.25, 0.3) is 5.91 Å². The molecule has 0 aromatic heterocycles. The van der Waals surface area contributed by atoms with Crippen molar-refractivity contribution in [2.45, 2.75) is 57.2 Å². The minimum Gasteiger partial charge on any atom is -0.395 e. The Labute approximate surface area is 143 Å². The number of morpholine rings is 1. The van der Waals surface area contributed by atoms with E-state index in [9.17, 15) is 4.79 Å². The number of hydrogen-bond donors (Lipinski definition) is 3. The third-order valence-electron chi connectivity index (χ3n) is 5.11. The van der Waals surface area contributed by atoms with Crippen molar-refractivity contribution in [2.75, 3.05) is 19.8 Å². The summed E-state index contributed by atoms with van der Waals surface area (Å²) in [6, 6.07) is 6.35. The van der Waals surface area contributed by atoms with E-state index < -0.39 is 11.6 Å². The van der Waals surface area contributed by atoms with Crippen LogP contribution in [0.2, 0.25) is 0 Å². The highest BCUT2D eigenvalue weighted by Crippen LogP contribution is 2.31. The van der Waals surface area contributed by atoms with Gasteiger partial charge in [-0.2, -0.15) is 0 Å². The molecule has 0 saturated carbocycles. The zero-order valence-electron chi connectivity index (χ0n) is 14.6. The molecule has 2 atom stereocenters. The number of ether oxygens (including phenoxy) is 1. The van der Waals surface area contributed by atoms with E-state index in [-0.39, 0.29) is 18.6 Å². The lowest BCUT2D eigenvalue weighted by molar-refractivity contribution is -0.137. The predicted octanol–water partition coefficient (Wildman–Crippen LogP) is 1.27. The van der Waals surface area contributed by atoms with E-state index in [4.69, 9.17) is 9.84 Å². The Morgan fingerprint density at radius 1 is 1.38 bits per heavy atom. The van der Waals surface area contributed by atoms with Gasteiger partial charge >= 0.3 is 0 Å². The van der Waals surface area contributed by atoms with Crippen LogP contribution in [-0.2, 0) is 27.9 Å². The van der Waals surface area contributed by atoms with Gasteiger partial charge in [0.15, 0.2) is 0 Å². The number of benzene rings is 1. The molecule has 3 N–H and O–H groups in total. The maximum absolute atomic E-state index is 12.6. The molecule has 0 bridgehead atoms. The van der Waals surface area contributed by atoms with Crippen molar-refractivity contribution in [1.29, 1.82) is 0 Å². The molecule has 24 heavy (non-hydrogen) atoms. The van der Waals surface area contributed by atoms with Crippen LogP contribution in [0.3, 0.4) is 0 Å². The molecule has 2 aliphatic rings. The summed E-state index contributed by atoms with van der Waals surface area (Å²) < 4.78 is 5.60. The lowest BCUT2D eigenvalue weighted by atomic mass is 9.81. The molecule has 1 aliphatic carbocycles. The zero-order valence-corrected chi connectivity index (χ0v) is 14.6. The van der Waals surface area contributed by atoms with Gasteiger partial charge in [-0.15, -0.1) is 0 Å². The van der Waals surface area contributed by atoms with Crippen molar-refractivity contribution < 1.29 is 14.6 Å². The molecule has 1 heterocycles. The SMILES string of the molecule is CC(C)(NC(=O)[C@@H]1CN[C@@H](CO)CO1)c1cccc2c1CCCC2. The second-order valence-electron chi connectivity index (χ2n) is 7.37. The second-order valence-corrected chi connectivity index (χ2v) is 7.37. The number of amides is 1. The van der Waals surface area contributed by atoms with E-state index in [1.165, 1.54) is 29.5 Å². The van der Waals surface area contributed by atoms with Gasteiger partial charge in [0.2, 0.25) is 0 Å².